The summed E-state index contributed by atoms with van der Waals surface area (Å²) in [4.78, 5) is 11.9. The lowest BCUT2D eigenvalue weighted by Gasteiger charge is -2.22. The molecule has 0 unspecified atom stereocenters. The van der Waals surface area contributed by atoms with Crippen LogP contribution in [0.25, 0.3) is 0 Å². The van der Waals surface area contributed by atoms with Crippen molar-refractivity contribution < 1.29 is 19.0 Å². The predicted octanol–water partition coefficient (Wildman–Crippen LogP) is 3.98. The summed E-state index contributed by atoms with van der Waals surface area (Å²) in [6.45, 7) is 6.17. The van der Waals surface area contributed by atoms with E-state index in [1.165, 1.54) is 0 Å². The average molecular weight is 314 g/mol. The SMILES string of the molecule is COc1ccc(OC(=O)COc2ccccc2C(C)(C)C)cc1. The number of benzene rings is 2. The van der Waals surface area contributed by atoms with E-state index < -0.39 is 5.97 Å². The Bertz CT molecular complexity index is 654. The second kappa shape index (κ2) is 7.18. The van der Waals surface area contributed by atoms with Crippen molar-refractivity contribution in [3.05, 3.63) is 54.1 Å². The molecule has 0 heterocycles. The number of carbonyl (C=O) groups is 1. The minimum absolute atomic E-state index is 0.0590. The molecule has 0 aromatic heterocycles. The molecule has 0 bridgehead atoms. The van der Waals surface area contributed by atoms with Crippen LogP contribution in [0.5, 0.6) is 17.2 Å². The Balaban J connectivity index is 1.97. The van der Waals surface area contributed by atoms with Crippen LogP contribution >= 0.6 is 0 Å². The molecule has 0 atom stereocenters. The molecule has 0 aliphatic heterocycles. The molecule has 0 aliphatic carbocycles. The molecule has 0 N–H and O–H groups in total. The van der Waals surface area contributed by atoms with E-state index in [0.717, 1.165) is 5.56 Å². The molecule has 0 fully saturated rings. The van der Waals surface area contributed by atoms with Crippen LogP contribution in [-0.2, 0) is 10.2 Å². The van der Waals surface area contributed by atoms with Gasteiger partial charge in [0.25, 0.3) is 0 Å². The molecule has 0 spiro atoms. The summed E-state index contributed by atoms with van der Waals surface area (Å²) in [7, 11) is 1.58. The van der Waals surface area contributed by atoms with Crippen molar-refractivity contribution in [2.45, 2.75) is 26.2 Å². The topological polar surface area (TPSA) is 44.8 Å². The van der Waals surface area contributed by atoms with Crippen molar-refractivity contribution in [2.75, 3.05) is 13.7 Å². The van der Waals surface area contributed by atoms with Gasteiger partial charge in [-0.05, 0) is 41.3 Å². The number of rotatable bonds is 5. The van der Waals surface area contributed by atoms with E-state index >= 15 is 0 Å². The van der Waals surface area contributed by atoms with Gasteiger partial charge >= 0.3 is 5.97 Å². The van der Waals surface area contributed by atoms with Gasteiger partial charge in [0.05, 0.1) is 7.11 Å². The maximum atomic E-state index is 11.9. The lowest BCUT2D eigenvalue weighted by molar-refractivity contribution is -0.136. The lowest BCUT2D eigenvalue weighted by Crippen LogP contribution is -2.20. The second-order valence-electron chi connectivity index (χ2n) is 6.18. The van der Waals surface area contributed by atoms with Gasteiger partial charge in [0.15, 0.2) is 6.61 Å². The highest BCUT2D eigenvalue weighted by Gasteiger charge is 2.19. The van der Waals surface area contributed by atoms with Crippen molar-refractivity contribution >= 4 is 5.97 Å². The van der Waals surface area contributed by atoms with E-state index in [0.29, 0.717) is 17.2 Å². The van der Waals surface area contributed by atoms with Crippen LogP contribution in [0.2, 0.25) is 0 Å². The molecule has 2 aromatic carbocycles. The summed E-state index contributed by atoms with van der Waals surface area (Å²) >= 11 is 0. The van der Waals surface area contributed by atoms with Gasteiger partial charge in [-0.25, -0.2) is 4.79 Å². The van der Waals surface area contributed by atoms with Gasteiger partial charge in [0.1, 0.15) is 17.2 Å². The first-order chi connectivity index (χ1) is 10.9. The minimum atomic E-state index is -0.445. The Morgan fingerprint density at radius 1 is 0.957 bits per heavy atom. The van der Waals surface area contributed by atoms with E-state index in [1.807, 2.05) is 24.3 Å². The fourth-order valence-corrected chi connectivity index (χ4v) is 2.15. The first-order valence-corrected chi connectivity index (χ1v) is 7.47. The van der Waals surface area contributed by atoms with Crippen LogP contribution in [-0.4, -0.2) is 19.7 Å². The van der Waals surface area contributed by atoms with Crippen LogP contribution < -0.4 is 14.2 Å². The standard InChI is InChI=1S/C19H22O4/c1-19(2,3)16-7-5-6-8-17(16)22-13-18(20)23-15-11-9-14(21-4)10-12-15/h5-12H,13H2,1-4H3. The first-order valence-electron chi connectivity index (χ1n) is 7.47. The van der Waals surface area contributed by atoms with Crippen molar-refractivity contribution in [2.24, 2.45) is 0 Å². The maximum Gasteiger partial charge on any atom is 0.349 e. The van der Waals surface area contributed by atoms with E-state index in [1.54, 1.807) is 31.4 Å². The number of esters is 1. The Kier molecular flexibility index (Phi) is 5.27. The zero-order valence-corrected chi connectivity index (χ0v) is 14.0. The van der Waals surface area contributed by atoms with Crippen LogP contribution in [0, 0.1) is 0 Å². The van der Waals surface area contributed by atoms with Gasteiger partial charge in [0.2, 0.25) is 0 Å². The van der Waals surface area contributed by atoms with Gasteiger partial charge in [-0.2, -0.15) is 0 Å². The van der Waals surface area contributed by atoms with Crippen molar-refractivity contribution in [3.63, 3.8) is 0 Å². The zero-order valence-electron chi connectivity index (χ0n) is 14.0. The van der Waals surface area contributed by atoms with Crippen LogP contribution in [0.1, 0.15) is 26.3 Å². The smallest absolute Gasteiger partial charge is 0.349 e. The van der Waals surface area contributed by atoms with Crippen molar-refractivity contribution in [1.29, 1.82) is 0 Å². The monoisotopic (exact) mass is 314 g/mol. The molecule has 0 aliphatic rings. The largest absolute Gasteiger partial charge is 0.497 e. The molecule has 0 radical (unpaired) electrons. The summed E-state index contributed by atoms with van der Waals surface area (Å²) < 4.78 is 15.9. The summed E-state index contributed by atoms with van der Waals surface area (Å²) in [5, 5.41) is 0. The summed E-state index contributed by atoms with van der Waals surface area (Å²) in [5.74, 6) is 1.43. The normalized spacial score (nSPS) is 11.0. The third-order valence-electron chi connectivity index (χ3n) is 3.33. The molecule has 23 heavy (non-hydrogen) atoms. The van der Waals surface area contributed by atoms with Gasteiger partial charge in [-0.15, -0.1) is 0 Å². The first kappa shape index (κ1) is 16.9. The highest BCUT2D eigenvalue weighted by atomic mass is 16.6. The third-order valence-corrected chi connectivity index (χ3v) is 3.33. The molecule has 0 saturated carbocycles. The number of hydrogen-bond acceptors (Lipinski definition) is 4. The van der Waals surface area contributed by atoms with E-state index in [-0.39, 0.29) is 12.0 Å². The Morgan fingerprint density at radius 2 is 1.57 bits per heavy atom. The van der Waals surface area contributed by atoms with Gasteiger partial charge in [-0.1, -0.05) is 39.0 Å². The number of hydrogen-bond donors (Lipinski definition) is 0. The van der Waals surface area contributed by atoms with E-state index in [9.17, 15) is 4.79 Å². The molecular formula is C19H22O4. The fraction of sp³-hybridized carbons (Fsp3) is 0.316. The van der Waals surface area contributed by atoms with E-state index in [2.05, 4.69) is 20.8 Å². The van der Waals surface area contributed by atoms with Gasteiger partial charge in [-0.3, -0.25) is 0 Å². The predicted molar refractivity (Wildman–Crippen MR) is 89.3 cm³/mol. The van der Waals surface area contributed by atoms with Crippen LogP contribution in [0.3, 0.4) is 0 Å². The van der Waals surface area contributed by atoms with Crippen molar-refractivity contribution in [1.82, 2.24) is 0 Å². The highest BCUT2D eigenvalue weighted by Crippen LogP contribution is 2.30. The quantitative estimate of drug-likeness (QED) is 0.618. The average Bonchev–Trinajstić information content (AvgIpc) is 2.53. The molecule has 2 rings (SSSR count). The Labute approximate surface area is 137 Å². The third kappa shape index (κ3) is 4.74. The van der Waals surface area contributed by atoms with Crippen LogP contribution in [0.15, 0.2) is 48.5 Å². The molecule has 0 saturated heterocycles. The molecule has 122 valence electrons. The minimum Gasteiger partial charge on any atom is -0.497 e. The molecule has 4 heteroatoms. The Morgan fingerprint density at radius 3 is 2.17 bits per heavy atom. The Hall–Kier alpha value is -2.49. The summed E-state index contributed by atoms with van der Waals surface area (Å²) in [5.41, 5.74) is 0.994. The number of para-hydroxylation sites is 1. The van der Waals surface area contributed by atoms with E-state index in [4.69, 9.17) is 14.2 Å². The summed E-state index contributed by atoms with van der Waals surface area (Å²) in [6, 6.07) is 14.5. The highest BCUT2D eigenvalue weighted by molar-refractivity contribution is 5.74. The fourth-order valence-electron chi connectivity index (χ4n) is 2.15. The number of ether oxygens (including phenoxy) is 3. The molecular weight excluding hydrogens is 292 g/mol. The lowest BCUT2D eigenvalue weighted by atomic mass is 9.86. The maximum absolute atomic E-state index is 11.9. The van der Waals surface area contributed by atoms with Gasteiger partial charge < -0.3 is 14.2 Å². The molecule has 0 amide bonds. The molecule has 4 nitrogen and oxygen atoms in total. The number of carbonyl (C=O) groups excluding carboxylic acids is 1. The van der Waals surface area contributed by atoms with Crippen LogP contribution in [0.4, 0.5) is 0 Å². The number of methoxy groups -OCH3 is 1. The molecule has 2 aromatic rings. The zero-order chi connectivity index (χ0) is 16.9. The van der Waals surface area contributed by atoms with Crippen molar-refractivity contribution in [3.8, 4) is 17.2 Å². The van der Waals surface area contributed by atoms with Gasteiger partial charge in [0, 0.05) is 0 Å². The summed E-state index contributed by atoms with van der Waals surface area (Å²) in [6.07, 6.45) is 0. The second-order valence-corrected chi connectivity index (χ2v) is 6.18.